The van der Waals surface area contributed by atoms with Crippen LogP contribution in [-0.4, -0.2) is 13.1 Å². The zero-order valence-corrected chi connectivity index (χ0v) is 10.5. The van der Waals surface area contributed by atoms with Crippen LogP contribution in [0.3, 0.4) is 0 Å². The van der Waals surface area contributed by atoms with Gasteiger partial charge in [0.25, 0.3) is 0 Å². The first-order valence-electron chi connectivity index (χ1n) is 5.31. The monoisotopic (exact) mass is 258 g/mol. The topological polar surface area (TPSA) is 83.5 Å². The van der Waals surface area contributed by atoms with Crippen LogP contribution in [0.1, 0.15) is 25.0 Å². The zero-order valence-electron chi connectivity index (χ0n) is 9.63. The summed E-state index contributed by atoms with van der Waals surface area (Å²) in [5, 5.41) is 0. The molecule has 0 amide bonds. The second-order valence-electron chi connectivity index (χ2n) is 3.64. The molecular formula is C10H14N2O4S. The molecule has 0 fully saturated rings. The van der Waals surface area contributed by atoms with E-state index >= 15 is 0 Å². The number of nitrogens with zero attached hydrogens (tertiary/aromatic N) is 1. The van der Waals surface area contributed by atoms with Gasteiger partial charge < -0.3 is 0 Å². The summed E-state index contributed by atoms with van der Waals surface area (Å²) in [5.74, 6) is 4.64. The summed E-state index contributed by atoms with van der Waals surface area (Å²) in [4.78, 5) is 0. The molecule has 2 N–H and O–H groups in total. The molecule has 2 aromatic rings. The number of hydrogen-bond acceptors (Lipinski definition) is 5. The number of benzene rings is 1. The van der Waals surface area contributed by atoms with E-state index in [1.165, 1.54) is 4.73 Å². The van der Waals surface area contributed by atoms with Crippen molar-refractivity contribution in [2.75, 3.05) is 0 Å². The van der Waals surface area contributed by atoms with Gasteiger partial charge in [0, 0.05) is 0 Å². The van der Waals surface area contributed by atoms with Crippen LogP contribution in [0.15, 0.2) is 12.1 Å². The minimum Gasteiger partial charge on any atom is -0.264 e. The average Bonchev–Trinajstić information content (AvgIpc) is 2.82. The van der Waals surface area contributed by atoms with Gasteiger partial charge in [-0.1, -0.05) is 13.8 Å². The molecule has 0 unspecified atom stereocenters. The van der Waals surface area contributed by atoms with E-state index < -0.39 is 10.4 Å². The van der Waals surface area contributed by atoms with Crippen LogP contribution in [0.4, 0.5) is 0 Å². The SMILES string of the molecule is CCc1c(CC)c2ccc1n2OS(=O)(=O)ON. The fourth-order valence-corrected chi connectivity index (χ4v) is 2.54. The lowest BCUT2D eigenvalue weighted by Gasteiger charge is -2.04. The summed E-state index contributed by atoms with van der Waals surface area (Å²) in [6, 6.07) is 3.64. The molecule has 0 saturated heterocycles. The lowest BCUT2D eigenvalue weighted by atomic mass is 10.0. The van der Waals surface area contributed by atoms with Crippen LogP contribution in [0.25, 0.3) is 11.0 Å². The highest BCUT2D eigenvalue weighted by Crippen LogP contribution is 2.29. The normalized spacial score (nSPS) is 12.4. The maximum atomic E-state index is 11.2. The minimum atomic E-state index is -4.20. The lowest BCUT2D eigenvalue weighted by molar-refractivity contribution is 0.213. The van der Waals surface area contributed by atoms with Gasteiger partial charge in [-0.3, -0.25) is 4.28 Å². The molecule has 0 aliphatic carbocycles. The van der Waals surface area contributed by atoms with Crippen LogP contribution in [0.5, 0.6) is 0 Å². The van der Waals surface area contributed by atoms with Crippen LogP contribution in [-0.2, 0) is 27.5 Å². The van der Waals surface area contributed by atoms with E-state index in [2.05, 4.69) is 10.2 Å². The van der Waals surface area contributed by atoms with Gasteiger partial charge >= 0.3 is 10.4 Å². The fraction of sp³-hybridized carbons (Fsp3) is 0.400. The molecule has 7 heteroatoms. The Bertz CT molecular complexity index is 581. The van der Waals surface area contributed by atoms with E-state index in [0.29, 0.717) is 0 Å². The quantitative estimate of drug-likeness (QED) is 0.801. The summed E-state index contributed by atoms with van der Waals surface area (Å²) in [5.41, 5.74) is 3.66. The number of fused-ring (bicyclic) bond motifs is 2. The van der Waals surface area contributed by atoms with Gasteiger partial charge in [0.15, 0.2) is 0 Å². The first-order valence-corrected chi connectivity index (χ1v) is 6.65. The molecule has 0 aliphatic rings. The van der Waals surface area contributed by atoms with E-state index in [0.717, 1.165) is 35.0 Å². The summed E-state index contributed by atoms with van der Waals surface area (Å²) in [6.07, 6.45) is 1.63. The van der Waals surface area contributed by atoms with E-state index in [-0.39, 0.29) is 0 Å². The maximum Gasteiger partial charge on any atom is 0.484 e. The third-order valence-electron chi connectivity index (χ3n) is 2.81. The molecule has 2 heterocycles. The first kappa shape index (κ1) is 12.2. The van der Waals surface area contributed by atoms with Gasteiger partial charge in [-0.25, -0.2) is 0 Å². The molecule has 0 aromatic carbocycles. The van der Waals surface area contributed by atoms with Gasteiger partial charge in [0.1, 0.15) is 0 Å². The molecule has 6 nitrogen and oxygen atoms in total. The predicted molar refractivity (Wildman–Crippen MR) is 62.7 cm³/mol. The van der Waals surface area contributed by atoms with Gasteiger partial charge in [-0.2, -0.15) is 19.0 Å². The standard InChI is InChI=1S/C10H14N2O4S/c1-3-7-8(4-2)10-6-5-9(7)12(10)16-17(13,14)15-11/h5-6H,3-4,11H2,1-2H3. The highest BCUT2D eigenvalue weighted by Gasteiger charge is 2.22. The van der Waals surface area contributed by atoms with Crippen molar-refractivity contribution in [3.8, 4) is 0 Å². The number of rotatable bonds is 5. The van der Waals surface area contributed by atoms with E-state index in [4.69, 9.17) is 4.28 Å². The van der Waals surface area contributed by atoms with Crippen molar-refractivity contribution >= 4 is 21.4 Å². The van der Waals surface area contributed by atoms with Gasteiger partial charge in [0.2, 0.25) is 0 Å². The Labute approximate surface area is 99.5 Å². The largest absolute Gasteiger partial charge is 0.484 e. The second kappa shape index (κ2) is 4.17. The highest BCUT2D eigenvalue weighted by atomic mass is 32.3. The Kier molecular flexibility index (Phi) is 2.98. The average molecular weight is 258 g/mol. The Hall–Kier alpha value is -1.31. The molecule has 0 aliphatic heterocycles. The number of nitrogens with two attached hydrogens (primary N) is 1. The summed E-state index contributed by atoms with van der Waals surface area (Å²) in [6.45, 7) is 4.03. The van der Waals surface area contributed by atoms with E-state index in [9.17, 15) is 8.42 Å². The Morgan fingerprint density at radius 3 is 2.00 bits per heavy atom. The van der Waals surface area contributed by atoms with Crippen molar-refractivity contribution < 1.29 is 17.0 Å². The van der Waals surface area contributed by atoms with Gasteiger partial charge in [-0.15, -0.1) is 4.28 Å². The summed E-state index contributed by atoms with van der Waals surface area (Å²) in [7, 11) is -4.20. The van der Waals surface area contributed by atoms with Crippen molar-refractivity contribution in [1.82, 2.24) is 4.73 Å². The highest BCUT2D eigenvalue weighted by molar-refractivity contribution is 7.82. The molecule has 0 atom stereocenters. The molecule has 0 saturated carbocycles. The molecule has 2 aromatic heterocycles. The zero-order chi connectivity index (χ0) is 12.6. The van der Waals surface area contributed by atoms with Crippen molar-refractivity contribution in [2.24, 2.45) is 5.90 Å². The smallest absolute Gasteiger partial charge is 0.264 e. The number of hydrogen-bond donors (Lipinski definition) is 1. The van der Waals surface area contributed by atoms with Crippen molar-refractivity contribution in [2.45, 2.75) is 26.7 Å². The van der Waals surface area contributed by atoms with Crippen molar-refractivity contribution in [3.05, 3.63) is 23.3 Å². The van der Waals surface area contributed by atoms with Crippen LogP contribution < -0.4 is 10.2 Å². The Balaban J connectivity index is 2.55. The van der Waals surface area contributed by atoms with Gasteiger partial charge in [0.05, 0.1) is 11.0 Å². The molecule has 2 rings (SSSR count). The van der Waals surface area contributed by atoms with Crippen molar-refractivity contribution in [3.63, 3.8) is 0 Å². The van der Waals surface area contributed by atoms with Crippen LogP contribution >= 0.6 is 0 Å². The first-order chi connectivity index (χ1) is 8.04. The molecule has 0 spiro atoms. The van der Waals surface area contributed by atoms with E-state index in [1.807, 2.05) is 26.0 Å². The lowest BCUT2D eigenvalue weighted by Crippen LogP contribution is -2.24. The molecule has 0 radical (unpaired) electrons. The molecule has 2 bridgehead atoms. The fourth-order valence-electron chi connectivity index (χ4n) is 2.16. The Morgan fingerprint density at radius 2 is 1.65 bits per heavy atom. The minimum absolute atomic E-state index is 0.736. The Morgan fingerprint density at radius 1 is 1.18 bits per heavy atom. The number of aryl methyl sites for hydroxylation is 2. The molecular weight excluding hydrogens is 244 g/mol. The molecule has 17 heavy (non-hydrogen) atoms. The van der Waals surface area contributed by atoms with Crippen LogP contribution in [0.2, 0.25) is 0 Å². The number of aromatic nitrogens is 1. The van der Waals surface area contributed by atoms with Gasteiger partial charge in [-0.05, 0) is 36.1 Å². The second-order valence-corrected chi connectivity index (χ2v) is 4.80. The predicted octanol–water partition coefficient (Wildman–Crippen LogP) is 0.768. The summed E-state index contributed by atoms with van der Waals surface area (Å²) < 4.78 is 32.2. The maximum absolute atomic E-state index is 11.2. The van der Waals surface area contributed by atoms with E-state index in [1.54, 1.807) is 0 Å². The third kappa shape index (κ3) is 1.86. The summed E-state index contributed by atoms with van der Waals surface area (Å²) >= 11 is 0. The van der Waals surface area contributed by atoms with Crippen molar-refractivity contribution in [1.29, 1.82) is 0 Å². The molecule has 94 valence electrons. The van der Waals surface area contributed by atoms with Crippen LogP contribution in [0, 0.1) is 0 Å². The third-order valence-corrected chi connectivity index (χ3v) is 3.38.